The number of ether oxygens (including phenoxy) is 2. The Bertz CT molecular complexity index is 475. The van der Waals surface area contributed by atoms with Crippen molar-refractivity contribution in [1.82, 2.24) is 4.90 Å². The first kappa shape index (κ1) is 15.6. The lowest BCUT2D eigenvalue weighted by atomic mass is 9.94. The van der Waals surface area contributed by atoms with Crippen LogP contribution in [0.3, 0.4) is 0 Å². The number of methoxy groups -OCH3 is 1. The quantitative estimate of drug-likeness (QED) is 0.844. The minimum atomic E-state index is -0.217. The summed E-state index contributed by atoms with van der Waals surface area (Å²) in [5, 5.41) is 0. The maximum absolute atomic E-state index is 12.2. The Morgan fingerprint density at radius 3 is 2.76 bits per heavy atom. The summed E-state index contributed by atoms with van der Waals surface area (Å²) in [4.78, 5) is 14.1. The zero-order chi connectivity index (χ0) is 15.3. The number of anilines is 1. The maximum atomic E-state index is 12.2. The van der Waals surface area contributed by atoms with Crippen LogP contribution in [0.25, 0.3) is 0 Å². The topological polar surface area (TPSA) is 64.8 Å². The second-order valence-corrected chi connectivity index (χ2v) is 5.74. The highest BCUT2D eigenvalue weighted by Gasteiger charge is 2.32. The predicted molar refractivity (Wildman–Crippen MR) is 82.2 cm³/mol. The van der Waals surface area contributed by atoms with Crippen LogP contribution in [0.4, 0.5) is 5.69 Å². The van der Waals surface area contributed by atoms with Crippen molar-refractivity contribution in [1.29, 1.82) is 0 Å². The lowest BCUT2D eigenvalue weighted by Gasteiger charge is -2.39. The van der Waals surface area contributed by atoms with Crippen LogP contribution >= 0.6 is 0 Å². The van der Waals surface area contributed by atoms with Crippen molar-refractivity contribution < 1.29 is 14.3 Å². The molecule has 1 aromatic rings. The molecule has 2 rings (SSSR count). The minimum Gasteiger partial charge on any atom is -0.493 e. The number of carbonyl (C=O) groups is 1. The maximum Gasteiger partial charge on any atom is 0.226 e. The Labute approximate surface area is 126 Å². The molecule has 1 fully saturated rings. The summed E-state index contributed by atoms with van der Waals surface area (Å²) < 4.78 is 11.1. The first-order chi connectivity index (χ1) is 10.0. The van der Waals surface area contributed by atoms with Gasteiger partial charge in [-0.15, -0.1) is 0 Å². The fourth-order valence-electron chi connectivity index (χ4n) is 2.56. The van der Waals surface area contributed by atoms with E-state index in [2.05, 4.69) is 6.92 Å². The lowest BCUT2D eigenvalue weighted by Crippen LogP contribution is -2.49. The van der Waals surface area contributed by atoms with Gasteiger partial charge in [-0.2, -0.15) is 0 Å². The predicted octanol–water partition coefficient (Wildman–Crippen LogP) is 2.07. The molecule has 2 N–H and O–H groups in total. The zero-order valence-corrected chi connectivity index (χ0v) is 12.8. The average Bonchev–Trinajstić information content (AvgIpc) is 2.49. The molecule has 1 unspecified atom stereocenters. The summed E-state index contributed by atoms with van der Waals surface area (Å²) in [6.45, 7) is 3.89. The van der Waals surface area contributed by atoms with Crippen LogP contribution in [0.1, 0.15) is 26.2 Å². The Hall–Kier alpha value is -1.75. The molecule has 1 aromatic carbocycles. The highest BCUT2D eigenvalue weighted by molar-refractivity contribution is 5.76. The van der Waals surface area contributed by atoms with Crippen LogP contribution < -0.4 is 10.5 Å². The molecule has 116 valence electrons. The van der Waals surface area contributed by atoms with Gasteiger partial charge in [-0.3, -0.25) is 4.79 Å². The number of likely N-dealkylation sites (tertiary alicyclic amines) is 1. The van der Waals surface area contributed by atoms with Crippen LogP contribution in [0, 0.1) is 0 Å². The Morgan fingerprint density at radius 2 is 2.10 bits per heavy atom. The standard InChI is InChI=1S/C16H24N2O3/c1-16(20-2)9-3-10-18(12-16)15(19)8-11-21-14-6-4-13(17)5-7-14/h4-7H,3,8-12,17H2,1-2H3. The number of rotatable bonds is 5. The van der Waals surface area contributed by atoms with E-state index in [9.17, 15) is 4.79 Å². The molecule has 21 heavy (non-hydrogen) atoms. The van der Waals surface area contributed by atoms with Gasteiger partial charge in [0, 0.05) is 25.9 Å². The number of hydrogen-bond acceptors (Lipinski definition) is 4. The Kier molecular flexibility index (Phi) is 5.07. The van der Waals surface area contributed by atoms with Gasteiger partial charge in [-0.05, 0) is 44.0 Å². The smallest absolute Gasteiger partial charge is 0.226 e. The number of benzene rings is 1. The second-order valence-electron chi connectivity index (χ2n) is 5.74. The molecular formula is C16H24N2O3. The number of nitrogen functional groups attached to an aromatic ring is 1. The third-order valence-electron chi connectivity index (χ3n) is 3.97. The van der Waals surface area contributed by atoms with Gasteiger partial charge in [0.1, 0.15) is 5.75 Å². The SMILES string of the molecule is COC1(C)CCCN(C(=O)CCOc2ccc(N)cc2)C1. The highest BCUT2D eigenvalue weighted by Crippen LogP contribution is 2.24. The van der Waals surface area contributed by atoms with Crippen LogP contribution in [0.5, 0.6) is 5.75 Å². The fraction of sp³-hybridized carbons (Fsp3) is 0.562. The third kappa shape index (κ3) is 4.36. The van der Waals surface area contributed by atoms with Crippen LogP contribution in [0.2, 0.25) is 0 Å². The number of hydrogen-bond donors (Lipinski definition) is 1. The van der Waals surface area contributed by atoms with E-state index in [1.54, 1.807) is 19.2 Å². The van der Waals surface area contributed by atoms with Crippen molar-refractivity contribution in [2.45, 2.75) is 31.8 Å². The largest absolute Gasteiger partial charge is 0.493 e. The normalized spacial score (nSPS) is 22.1. The number of amides is 1. The molecular weight excluding hydrogens is 268 g/mol. The monoisotopic (exact) mass is 292 g/mol. The lowest BCUT2D eigenvalue weighted by molar-refractivity contribution is -0.139. The number of piperidine rings is 1. The molecule has 1 aliphatic rings. The van der Waals surface area contributed by atoms with Crippen molar-refractivity contribution >= 4 is 11.6 Å². The first-order valence-electron chi connectivity index (χ1n) is 7.34. The molecule has 0 bridgehead atoms. The van der Waals surface area contributed by atoms with E-state index in [-0.39, 0.29) is 11.5 Å². The van der Waals surface area contributed by atoms with Crippen molar-refractivity contribution in [3.8, 4) is 5.75 Å². The zero-order valence-electron chi connectivity index (χ0n) is 12.8. The van der Waals surface area contributed by atoms with Gasteiger partial charge < -0.3 is 20.1 Å². The van der Waals surface area contributed by atoms with Crippen molar-refractivity contribution in [3.63, 3.8) is 0 Å². The second kappa shape index (κ2) is 6.80. The van der Waals surface area contributed by atoms with Gasteiger partial charge in [0.2, 0.25) is 5.91 Å². The third-order valence-corrected chi connectivity index (χ3v) is 3.97. The van der Waals surface area contributed by atoms with E-state index in [4.69, 9.17) is 15.2 Å². The molecule has 0 saturated carbocycles. The van der Waals surface area contributed by atoms with Crippen LogP contribution in [-0.2, 0) is 9.53 Å². The highest BCUT2D eigenvalue weighted by atomic mass is 16.5. The number of nitrogens with zero attached hydrogens (tertiary/aromatic N) is 1. The number of carbonyl (C=O) groups excluding carboxylic acids is 1. The summed E-state index contributed by atoms with van der Waals surface area (Å²) in [5.74, 6) is 0.853. The van der Waals surface area contributed by atoms with Crippen molar-refractivity contribution in [2.75, 3.05) is 32.5 Å². The van der Waals surface area contributed by atoms with E-state index < -0.39 is 0 Å². The Balaban J connectivity index is 1.78. The fourth-order valence-corrected chi connectivity index (χ4v) is 2.56. The molecule has 0 aliphatic carbocycles. The Morgan fingerprint density at radius 1 is 1.38 bits per heavy atom. The molecule has 5 heteroatoms. The van der Waals surface area contributed by atoms with Gasteiger partial charge in [-0.25, -0.2) is 0 Å². The van der Waals surface area contributed by atoms with Crippen LogP contribution in [-0.4, -0.2) is 43.2 Å². The molecule has 1 heterocycles. The molecule has 0 radical (unpaired) electrons. The van der Waals surface area contributed by atoms with Gasteiger partial charge in [0.25, 0.3) is 0 Å². The molecule has 0 spiro atoms. The van der Waals surface area contributed by atoms with E-state index in [1.807, 2.05) is 17.0 Å². The van der Waals surface area contributed by atoms with Gasteiger partial charge >= 0.3 is 0 Å². The van der Waals surface area contributed by atoms with E-state index >= 15 is 0 Å². The molecule has 0 aromatic heterocycles. The summed E-state index contributed by atoms with van der Waals surface area (Å²) in [6.07, 6.45) is 2.36. The van der Waals surface area contributed by atoms with E-state index in [1.165, 1.54) is 0 Å². The van der Waals surface area contributed by atoms with Gasteiger partial charge in [0.15, 0.2) is 0 Å². The average molecular weight is 292 g/mol. The van der Waals surface area contributed by atoms with Gasteiger partial charge in [-0.1, -0.05) is 0 Å². The molecule has 1 atom stereocenters. The molecule has 1 saturated heterocycles. The van der Waals surface area contributed by atoms with Crippen molar-refractivity contribution in [2.24, 2.45) is 0 Å². The van der Waals surface area contributed by atoms with E-state index in [0.29, 0.717) is 25.3 Å². The summed E-state index contributed by atoms with van der Waals surface area (Å²) in [5.41, 5.74) is 6.09. The molecule has 1 aliphatic heterocycles. The first-order valence-corrected chi connectivity index (χ1v) is 7.34. The summed E-state index contributed by atoms with van der Waals surface area (Å²) in [7, 11) is 1.71. The van der Waals surface area contributed by atoms with Crippen molar-refractivity contribution in [3.05, 3.63) is 24.3 Å². The minimum absolute atomic E-state index is 0.119. The molecule has 5 nitrogen and oxygen atoms in total. The van der Waals surface area contributed by atoms with Crippen LogP contribution in [0.15, 0.2) is 24.3 Å². The van der Waals surface area contributed by atoms with Gasteiger partial charge in [0.05, 0.1) is 18.6 Å². The van der Waals surface area contributed by atoms with E-state index in [0.717, 1.165) is 25.1 Å². The molecule has 1 amide bonds. The summed E-state index contributed by atoms with van der Waals surface area (Å²) in [6, 6.07) is 7.18. The number of nitrogens with two attached hydrogens (primary N) is 1. The summed E-state index contributed by atoms with van der Waals surface area (Å²) >= 11 is 0.